The number of esters is 1. The molecular weight excluding hydrogens is 374 g/mol. The summed E-state index contributed by atoms with van der Waals surface area (Å²) in [5.74, 6) is -1.68. The molecule has 0 aromatic carbocycles. The van der Waals surface area contributed by atoms with Crippen molar-refractivity contribution in [2.75, 3.05) is 13.7 Å². The molecule has 7 heteroatoms. The predicted molar refractivity (Wildman–Crippen MR) is 110 cm³/mol. The highest BCUT2D eigenvalue weighted by atomic mass is 16.6. The van der Waals surface area contributed by atoms with E-state index >= 15 is 0 Å². The molecule has 3 atom stereocenters. The van der Waals surface area contributed by atoms with Gasteiger partial charge in [-0.1, -0.05) is 40.5 Å². The second-order valence-electron chi connectivity index (χ2n) is 7.67. The van der Waals surface area contributed by atoms with Crippen molar-refractivity contribution in [1.29, 1.82) is 0 Å². The molecule has 0 amide bonds. The number of hydrogen-bond acceptors (Lipinski definition) is 7. The molecular formula is C22H35NO6. The molecule has 29 heavy (non-hydrogen) atoms. The largest absolute Gasteiger partial charge is 0.503 e. The zero-order valence-corrected chi connectivity index (χ0v) is 18.4. The van der Waals surface area contributed by atoms with Crippen molar-refractivity contribution in [3.05, 3.63) is 18.0 Å². The van der Waals surface area contributed by atoms with Gasteiger partial charge in [-0.2, -0.15) is 0 Å². The molecule has 164 valence electrons. The van der Waals surface area contributed by atoms with E-state index in [1.807, 2.05) is 20.8 Å². The number of carbonyl (C=O) groups excluding carboxylic acids is 2. The molecule has 1 aromatic heterocycles. The van der Waals surface area contributed by atoms with E-state index in [0.29, 0.717) is 6.61 Å². The number of aromatic nitrogens is 1. The first-order valence-electron chi connectivity index (χ1n) is 10.3. The Morgan fingerprint density at radius 2 is 1.86 bits per heavy atom. The highest BCUT2D eigenvalue weighted by Crippen LogP contribution is 2.29. The van der Waals surface area contributed by atoms with Crippen LogP contribution >= 0.6 is 0 Å². The van der Waals surface area contributed by atoms with Crippen LogP contribution in [0.5, 0.6) is 11.5 Å². The number of nitrogens with zero attached hydrogens (tertiary/aromatic N) is 1. The average molecular weight is 410 g/mol. The summed E-state index contributed by atoms with van der Waals surface area (Å²) in [7, 11) is 1.39. The summed E-state index contributed by atoms with van der Waals surface area (Å²) in [6, 6.07) is 1.46. The minimum Gasteiger partial charge on any atom is -0.503 e. The molecule has 0 saturated heterocycles. The Morgan fingerprint density at radius 1 is 1.17 bits per heavy atom. The highest BCUT2D eigenvalue weighted by molar-refractivity contribution is 5.99. The second kappa shape index (κ2) is 12.4. The Balaban J connectivity index is 2.70. The first-order valence-corrected chi connectivity index (χ1v) is 10.3. The summed E-state index contributed by atoms with van der Waals surface area (Å²) >= 11 is 0. The van der Waals surface area contributed by atoms with Gasteiger partial charge >= 0.3 is 5.97 Å². The number of rotatable bonds is 13. The summed E-state index contributed by atoms with van der Waals surface area (Å²) in [4.78, 5) is 29.0. The van der Waals surface area contributed by atoms with Gasteiger partial charge in [0.25, 0.3) is 0 Å². The van der Waals surface area contributed by atoms with E-state index in [4.69, 9.17) is 14.2 Å². The van der Waals surface area contributed by atoms with E-state index in [9.17, 15) is 14.7 Å². The predicted octanol–water partition coefficient (Wildman–Crippen LogP) is 4.17. The number of unbranched alkanes of at least 4 members (excludes halogenated alkanes) is 2. The molecule has 0 unspecified atom stereocenters. The van der Waals surface area contributed by atoms with Crippen LogP contribution < -0.4 is 4.74 Å². The summed E-state index contributed by atoms with van der Waals surface area (Å²) < 4.78 is 16.5. The lowest BCUT2D eigenvalue weighted by molar-refractivity contribution is -0.165. The van der Waals surface area contributed by atoms with Crippen molar-refractivity contribution in [2.24, 2.45) is 11.8 Å². The minimum atomic E-state index is -0.677. The van der Waals surface area contributed by atoms with E-state index in [1.165, 1.54) is 19.4 Å². The van der Waals surface area contributed by atoms with Gasteiger partial charge in [0.05, 0.1) is 19.1 Å². The molecule has 0 bridgehead atoms. The van der Waals surface area contributed by atoms with Crippen LogP contribution in [-0.4, -0.2) is 47.8 Å². The van der Waals surface area contributed by atoms with Crippen molar-refractivity contribution in [2.45, 2.75) is 72.5 Å². The number of carbonyl (C=O) groups is 2. The van der Waals surface area contributed by atoms with Gasteiger partial charge in [-0.25, -0.2) is 4.98 Å². The quantitative estimate of drug-likeness (QED) is 0.297. The van der Waals surface area contributed by atoms with Gasteiger partial charge in [-0.3, -0.25) is 9.59 Å². The van der Waals surface area contributed by atoms with Crippen molar-refractivity contribution in [3.8, 4) is 11.5 Å². The number of Topliss-reactive ketones (excluding diaryl/α,β-unsaturated/α-hetero) is 1. The molecule has 7 nitrogen and oxygen atoms in total. The average Bonchev–Trinajstić information content (AvgIpc) is 2.68. The Labute approximate surface area is 173 Å². The van der Waals surface area contributed by atoms with E-state index < -0.39 is 23.8 Å². The van der Waals surface area contributed by atoms with Gasteiger partial charge in [0.1, 0.15) is 6.10 Å². The SMILES string of the molecule is CCCCCO[C@@H](C)[C@H](OC(=O)[C@H](C)CC(=O)c1nccc(OC)c1O)C(C)C. The first-order chi connectivity index (χ1) is 13.7. The third-order valence-corrected chi connectivity index (χ3v) is 4.77. The van der Waals surface area contributed by atoms with Gasteiger partial charge in [0.2, 0.25) is 0 Å². The maximum atomic E-state index is 12.6. The molecule has 0 saturated carbocycles. The lowest BCUT2D eigenvalue weighted by Crippen LogP contribution is -2.37. The molecule has 1 rings (SSSR count). The topological polar surface area (TPSA) is 95.0 Å². The minimum absolute atomic E-state index is 0.0760. The van der Waals surface area contributed by atoms with Crippen LogP contribution in [-0.2, 0) is 14.3 Å². The summed E-state index contributed by atoms with van der Waals surface area (Å²) in [5.41, 5.74) is -0.114. The molecule has 1 heterocycles. The molecule has 0 spiro atoms. The van der Waals surface area contributed by atoms with Crippen LogP contribution in [0.25, 0.3) is 0 Å². The van der Waals surface area contributed by atoms with Gasteiger partial charge in [0.15, 0.2) is 23.0 Å². The fraction of sp³-hybridized carbons (Fsp3) is 0.682. The van der Waals surface area contributed by atoms with Crippen molar-refractivity contribution in [1.82, 2.24) is 4.98 Å². The number of ketones is 1. The molecule has 0 fully saturated rings. The van der Waals surface area contributed by atoms with Crippen LogP contribution in [0.2, 0.25) is 0 Å². The Kier molecular flexibility index (Phi) is 10.7. The van der Waals surface area contributed by atoms with Crippen LogP contribution in [0.3, 0.4) is 0 Å². The maximum absolute atomic E-state index is 12.6. The summed E-state index contributed by atoms with van der Waals surface area (Å²) in [6.07, 6.45) is 3.81. The number of methoxy groups -OCH3 is 1. The molecule has 0 aliphatic heterocycles. The molecule has 0 radical (unpaired) electrons. The third-order valence-electron chi connectivity index (χ3n) is 4.77. The van der Waals surface area contributed by atoms with Crippen molar-refractivity contribution >= 4 is 11.8 Å². The van der Waals surface area contributed by atoms with E-state index in [-0.39, 0.29) is 35.6 Å². The first kappa shape index (κ1) is 24.9. The lowest BCUT2D eigenvalue weighted by Gasteiger charge is -2.28. The summed E-state index contributed by atoms with van der Waals surface area (Å²) in [6.45, 7) is 10.2. The zero-order valence-electron chi connectivity index (χ0n) is 18.4. The lowest BCUT2D eigenvalue weighted by atomic mass is 10.00. The third kappa shape index (κ3) is 7.65. The molecule has 0 aliphatic carbocycles. The molecule has 0 aliphatic rings. The van der Waals surface area contributed by atoms with Crippen LogP contribution in [0.1, 0.15) is 70.8 Å². The van der Waals surface area contributed by atoms with Crippen LogP contribution in [0, 0.1) is 11.8 Å². The fourth-order valence-electron chi connectivity index (χ4n) is 3.00. The number of hydrogen-bond donors (Lipinski definition) is 1. The summed E-state index contributed by atoms with van der Waals surface area (Å²) in [5, 5.41) is 10.1. The number of ether oxygens (including phenoxy) is 3. The zero-order chi connectivity index (χ0) is 22.0. The standard InChI is InChI=1S/C22H35NO6/c1-7-8-9-12-28-16(5)21(14(2)3)29-22(26)15(4)13-17(24)19-20(25)18(27-6)10-11-23-19/h10-11,14-16,21,25H,7-9,12-13H2,1-6H3/t15-,16+,21-/m1/s1. The van der Waals surface area contributed by atoms with Gasteiger partial charge < -0.3 is 19.3 Å². The molecule has 1 aromatic rings. The van der Waals surface area contributed by atoms with Crippen LogP contribution in [0.4, 0.5) is 0 Å². The van der Waals surface area contributed by atoms with Crippen molar-refractivity contribution < 1.29 is 28.9 Å². The molecule has 1 N–H and O–H groups in total. The Hall–Kier alpha value is -2.15. The monoisotopic (exact) mass is 409 g/mol. The van der Waals surface area contributed by atoms with E-state index in [2.05, 4.69) is 11.9 Å². The van der Waals surface area contributed by atoms with Crippen molar-refractivity contribution in [3.63, 3.8) is 0 Å². The number of pyridine rings is 1. The van der Waals surface area contributed by atoms with Gasteiger partial charge in [-0.05, 0) is 19.3 Å². The van der Waals surface area contributed by atoms with E-state index in [1.54, 1.807) is 6.92 Å². The Bertz CT molecular complexity index is 661. The van der Waals surface area contributed by atoms with Crippen LogP contribution in [0.15, 0.2) is 12.3 Å². The fourth-order valence-corrected chi connectivity index (χ4v) is 3.00. The maximum Gasteiger partial charge on any atom is 0.309 e. The highest BCUT2D eigenvalue weighted by Gasteiger charge is 2.29. The second-order valence-corrected chi connectivity index (χ2v) is 7.67. The Morgan fingerprint density at radius 3 is 2.45 bits per heavy atom. The van der Waals surface area contributed by atoms with E-state index in [0.717, 1.165) is 19.3 Å². The van der Waals surface area contributed by atoms with Gasteiger partial charge in [0, 0.05) is 25.3 Å². The smallest absolute Gasteiger partial charge is 0.309 e. The van der Waals surface area contributed by atoms with Gasteiger partial charge in [-0.15, -0.1) is 0 Å². The normalized spacial score (nSPS) is 14.3. The number of aromatic hydroxyl groups is 1.